The van der Waals surface area contributed by atoms with Crippen LogP contribution < -0.4 is 0 Å². The molecule has 6 nitrogen and oxygen atoms in total. The molecule has 4 rings (SSSR count). The van der Waals surface area contributed by atoms with E-state index in [1.165, 1.54) is 0 Å². The molecule has 1 N–H and O–H groups in total. The minimum absolute atomic E-state index is 0.497. The number of Topliss-reactive ketones (excluding diaryl/α,β-unsaturated/α-hetero) is 1. The zero-order valence-electron chi connectivity index (χ0n) is 27.0. The summed E-state index contributed by atoms with van der Waals surface area (Å²) in [4.78, 5) is 11.3. The number of ketones is 1. The van der Waals surface area contributed by atoms with Gasteiger partial charge in [0, 0.05) is 24.0 Å². The Morgan fingerprint density at radius 1 is 0.787 bits per heavy atom. The van der Waals surface area contributed by atoms with Crippen LogP contribution in [0.25, 0.3) is 0 Å². The first-order chi connectivity index (χ1) is 21.8. The third-order valence-corrected chi connectivity index (χ3v) is 8.11. The van der Waals surface area contributed by atoms with Gasteiger partial charge in [0.15, 0.2) is 18.2 Å². The van der Waals surface area contributed by atoms with Gasteiger partial charge in [0.05, 0.1) is 26.4 Å². The zero-order chi connectivity index (χ0) is 35.1. The topological polar surface area (TPSA) is 74.2 Å². The normalized spacial score (nSPS) is 18.4. The fraction of sp³-hybridized carbons (Fsp3) is 0.571. The molecule has 0 radical (unpaired) electrons. The molecule has 47 heavy (non-hydrogen) atoms. The van der Waals surface area contributed by atoms with E-state index in [1.807, 2.05) is 12.0 Å². The van der Waals surface area contributed by atoms with Gasteiger partial charge in [-0.05, 0) is 41.2 Å². The molecule has 0 saturated carbocycles. The van der Waals surface area contributed by atoms with Crippen LogP contribution in [0.15, 0.2) is 48.5 Å². The van der Waals surface area contributed by atoms with Crippen LogP contribution in [-0.4, -0.2) is 55.3 Å². The van der Waals surface area contributed by atoms with Gasteiger partial charge >= 0.3 is 12.4 Å². The molecule has 0 aliphatic carbocycles. The van der Waals surface area contributed by atoms with E-state index >= 15 is 0 Å². The number of alkyl halides is 6. The van der Waals surface area contributed by atoms with Gasteiger partial charge in [0.25, 0.3) is 0 Å². The average Bonchev–Trinajstić information content (AvgIpc) is 3.01. The third kappa shape index (κ3) is 10.5. The molecule has 0 bridgehead atoms. The van der Waals surface area contributed by atoms with Crippen molar-refractivity contribution in [3.05, 3.63) is 70.8 Å². The van der Waals surface area contributed by atoms with Gasteiger partial charge in [0.1, 0.15) is 0 Å². The van der Waals surface area contributed by atoms with E-state index in [-0.39, 0.29) is 0 Å². The quantitative estimate of drug-likeness (QED) is 0.215. The fourth-order valence-corrected chi connectivity index (χ4v) is 5.44. The predicted octanol–water partition coefficient (Wildman–Crippen LogP) is 8.03. The summed E-state index contributed by atoms with van der Waals surface area (Å²) in [6.45, 7) is 8.89. The lowest BCUT2D eigenvalue weighted by Crippen LogP contribution is -2.48. The third-order valence-electron chi connectivity index (χ3n) is 8.11. The number of benzene rings is 2. The molecular weight excluding hydrogens is 630 g/mol. The molecule has 1 unspecified atom stereocenters. The van der Waals surface area contributed by atoms with Gasteiger partial charge in [-0.15, -0.1) is 12.3 Å². The van der Waals surface area contributed by atoms with E-state index in [1.54, 1.807) is 70.2 Å². The van der Waals surface area contributed by atoms with Crippen LogP contribution in [0.4, 0.5) is 26.3 Å². The number of ether oxygens (including phenoxy) is 4. The lowest BCUT2D eigenvalue weighted by Gasteiger charge is -2.37. The van der Waals surface area contributed by atoms with E-state index < -0.39 is 66.4 Å². The number of hydrogen-bond acceptors (Lipinski definition) is 6. The Morgan fingerprint density at radius 3 is 1.60 bits per heavy atom. The summed E-state index contributed by atoms with van der Waals surface area (Å²) in [5.74, 6) is 0.227. The molecule has 2 fully saturated rings. The van der Waals surface area contributed by atoms with Crippen molar-refractivity contribution in [1.29, 1.82) is 0 Å². The van der Waals surface area contributed by atoms with Crippen LogP contribution in [0.1, 0.15) is 94.6 Å². The number of halogens is 6. The van der Waals surface area contributed by atoms with Crippen LogP contribution in [-0.2, 0) is 34.6 Å². The Morgan fingerprint density at radius 2 is 1.21 bits per heavy atom. The molecular formula is C35H42F6O6. The van der Waals surface area contributed by atoms with Gasteiger partial charge in [0.2, 0.25) is 5.78 Å². The first kappa shape index (κ1) is 38.5. The van der Waals surface area contributed by atoms with Crippen molar-refractivity contribution >= 4 is 5.78 Å². The summed E-state index contributed by atoms with van der Waals surface area (Å²) < 4.78 is 99.5. The molecule has 2 aliphatic heterocycles. The highest BCUT2D eigenvalue weighted by molar-refractivity contribution is 5.85. The Hall–Kier alpha value is -2.95. The molecule has 0 aromatic heterocycles. The molecule has 260 valence electrons. The smallest absolute Gasteiger partial charge is 0.380 e. The van der Waals surface area contributed by atoms with Crippen LogP contribution in [0.2, 0.25) is 0 Å². The molecule has 2 aliphatic rings. The van der Waals surface area contributed by atoms with Crippen molar-refractivity contribution in [2.24, 2.45) is 0 Å². The molecule has 2 aromatic carbocycles. The molecule has 0 amide bonds. The van der Waals surface area contributed by atoms with E-state index in [2.05, 4.69) is 0 Å². The number of rotatable bonds is 9. The van der Waals surface area contributed by atoms with Gasteiger partial charge in [-0.25, -0.2) is 0 Å². The van der Waals surface area contributed by atoms with Crippen molar-refractivity contribution < 1.29 is 55.2 Å². The Labute approximate surface area is 271 Å². The van der Waals surface area contributed by atoms with Crippen molar-refractivity contribution in [3.8, 4) is 12.3 Å². The second-order valence-corrected chi connectivity index (χ2v) is 13.1. The number of carbonyl (C=O) groups is 1. The monoisotopic (exact) mass is 672 g/mol. The number of hydrogen-bond donors (Lipinski definition) is 1. The Bertz CT molecular complexity index is 1370. The lowest BCUT2D eigenvalue weighted by atomic mass is 9.73. The number of terminal acetylenes is 1. The average molecular weight is 673 g/mol. The van der Waals surface area contributed by atoms with Crippen LogP contribution in [0.3, 0.4) is 0 Å². The van der Waals surface area contributed by atoms with Crippen LogP contribution in [0.5, 0.6) is 0 Å². The SMILES string of the molecule is C#CCC(O)(CC(C)(C)c1cccc(C2OCCCO2)c1)C(F)(F)F.CC(C)(CC(=O)C(F)(F)F)c1cccc(C2OCCCO2)c1. The minimum atomic E-state index is -4.80. The Balaban J connectivity index is 0.000000257. The van der Waals surface area contributed by atoms with E-state index in [0.29, 0.717) is 37.6 Å². The largest absolute Gasteiger partial charge is 0.450 e. The highest BCUT2D eigenvalue weighted by Crippen LogP contribution is 2.43. The van der Waals surface area contributed by atoms with Crippen molar-refractivity contribution in [1.82, 2.24) is 0 Å². The standard InChI is InChI=1S/C19H23F3O3.C16H19F3O3/c1-4-9-18(23,19(20,21)22)13-17(2,3)15-8-5-7-14(12-15)16-24-10-6-11-25-16;1-15(2,10-13(20)16(17,18)19)12-6-3-5-11(9-12)14-21-7-4-8-22-14/h1,5,7-8,12,16,23H,6,9-11,13H2,2-3H3;3,5-6,9,14H,4,7-8,10H2,1-2H3. The van der Waals surface area contributed by atoms with Gasteiger partial charge in [-0.1, -0.05) is 76.2 Å². The lowest BCUT2D eigenvalue weighted by molar-refractivity contribution is -0.264. The maximum absolute atomic E-state index is 13.3. The number of aliphatic hydroxyl groups is 1. The van der Waals surface area contributed by atoms with Gasteiger partial charge in [-0.2, -0.15) is 26.3 Å². The first-order valence-corrected chi connectivity index (χ1v) is 15.3. The molecule has 1 atom stereocenters. The van der Waals surface area contributed by atoms with Crippen molar-refractivity contribution in [2.75, 3.05) is 26.4 Å². The molecule has 2 heterocycles. The van der Waals surface area contributed by atoms with Gasteiger partial charge in [-0.3, -0.25) is 4.79 Å². The molecule has 2 saturated heterocycles. The van der Waals surface area contributed by atoms with Crippen LogP contribution in [0, 0.1) is 12.3 Å². The summed E-state index contributed by atoms with van der Waals surface area (Å²) >= 11 is 0. The van der Waals surface area contributed by atoms with Crippen LogP contribution >= 0.6 is 0 Å². The molecule has 0 spiro atoms. The second kappa shape index (κ2) is 15.5. The highest BCUT2D eigenvalue weighted by Gasteiger charge is 2.55. The molecule has 2 aromatic rings. The Kier molecular flexibility index (Phi) is 12.7. The zero-order valence-corrected chi connectivity index (χ0v) is 27.0. The maximum Gasteiger partial charge on any atom is 0.450 e. The summed E-state index contributed by atoms with van der Waals surface area (Å²) in [6.07, 6.45) is -5.85. The second-order valence-electron chi connectivity index (χ2n) is 13.1. The summed E-state index contributed by atoms with van der Waals surface area (Å²) in [5.41, 5.74) is -1.99. The fourth-order valence-electron chi connectivity index (χ4n) is 5.44. The predicted molar refractivity (Wildman–Crippen MR) is 162 cm³/mol. The van der Waals surface area contributed by atoms with E-state index in [4.69, 9.17) is 25.4 Å². The highest BCUT2D eigenvalue weighted by atomic mass is 19.4. The summed E-state index contributed by atoms with van der Waals surface area (Å²) in [6, 6.07) is 14.1. The minimum Gasteiger partial charge on any atom is -0.380 e. The van der Waals surface area contributed by atoms with Crippen molar-refractivity contribution in [3.63, 3.8) is 0 Å². The number of carbonyl (C=O) groups excluding carboxylic acids is 1. The van der Waals surface area contributed by atoms with Gasteiger partial charge < -0.3 is 24.1 Å². The van der Waals surface area contributed by atoms with Crippen molar-refractivity contribution in [2.45, 2.75) is 101 Å². The van der Waals surface area contributed by atoms with E-state index in [9.17, 15) is 36.2 Å². The maximum atomic E-state index is 13.3. The first-order valence-electron chi connectivity index (χ1n) is 15.3. The summed E-state index contributed by atoms with van der Waals surface area (Å²) in [7, 11) is 0. The molecule has 12 heteroatoms. The summed E-state index contributed by atoms with van der Waals surface area (Å²) in [5, 5.41) is 10.1. The van der Waals surface area contributed by atoms with E-state index in [0.717, 1.165) is 24.0 Å².